The SMILES string of the molecule is Cc1cc(-c2ccc(CC(=O)c3cc(C(=O)Nc4ccc(-c5cc(C)c6ccccc6n5)cc4)cc(C(=O)Nc4ccc(-c5cc(C)c6ccccc6n5)cc4)c3)cc2)nc2ccccc12. The number of Topliss-reactive ketones (excluding diaryl/α,β-unsaturated/α-hetero) is 1. The number of benzene rings is 7. The lowest BCUT2D eigenvalue weighted by molar-refractivity contribution is 0.0993. The molecule has 0 bridgehead atoms. The smallest absolute Gasteiger partial charge is 0.255 e. The van der Waals surface area contributed by atoms with Crippen molar-refractivity contribution in [2.45, 2.75) is 27.2 Å². The number of aryl methyl sites for hydroxylation is 3. The van der Waals surface area contributed by atoms with Crippen LogP contribution in [0.4, 0.5) is 11.4 Å². The highest BCUT2D eigenvalue weighted by molar-refractivity contribution is 6.11. The van der Waals surface area contributed by atoms with Crippen molar-refractivity contribution < 1.29 is 14.4 Å². The molecule has 0 atom stereocenters. The molecule has 8 heteroatoms. The van der Waals surface area contributed by atoms with Gasteiger partial charge in [0.1, 0.15) is 0 Å². The zero-order valence-corrected chi connectivity index (χ0v) is 36.6. The molecular formula is C58H43N5O3. The Hall–Kier alpha value is -8.62. The highest BCUT2D eigenvalue weighted by Crippen LogP contribution is 2.29. The number of nitrogens with zero attached hydrogens (tertiary/aromatic N) is 3. The first-order chi connectivity index (χ1) is 32.1. The zero-order valence-electron chi connectivity index (χ0n) is 36.6. The molecule has 3 heterocycles. The molecule has 8 nitrogen and oxygen atoms in total. The van der Waals surface area contributed by atoms with Gasteiger partial charge in [0.05, 0.1) is 33.6 Å². The third-order valence-corrected chi connectivity index (χ3v) is 12.0. The lowest BCUT2D eigenvalue weighted by Crippen LogP contribution is -2.18. The Bertz CT molecular complexity index is 3140. The Morgan fingerprint density at radius 2 is 0.727 bits per heavy atom. The van der Waals surface area contributed by atoms with Crippen LogP contribution >= 0.6 is 0 Å². The van der Waals surface area contributed by atoms with Crippen LogP contribution in [0.3, 0.4) is 0 Å². The van der Waals surface area contributed by atoms with Gasteiger partial charge in [-0.25, -0.2) is 15.0 Å². The summed E-state index contributed by atoms with van der Waals surface area (Å²) < 4.78 is 0. The second-order valence-electron chi connectivity index (χ2n) is 16.7. The van der Waals surface area contributed by atoms with Gasteiger partial charge in [-0.2, -0.15) is 0 Å². The number of ketones is 1. The standard InChI is InChI=1S/C58H43N5O3/c1-35-28-53(61-50-13-7-4-10-47(35)50)39-18-16-38(17-19-39)31-56(64)42-32-43(57(65)59-45-24-20-40(21-25-45)54-29-36(2)48-11-5-8-14-51(48)62-54)34-44(33-42)58(66)60-46-26-22-41(23-27-46)55-30-37(3)49-12-6-9-15-52(49)63-55/h4-30,32-34H,31H2,1-3H3,(H,59,65)(H,60,66). The topological polar surface area (TPSA) is 114 Å². The van der Waals surface area contributed by atoms with E-state index in [1.165, 1.54) is 6.07 Å². The van der Waals surface area contributed by atoms with Crippen molar-refractivity contribution in [3.8, 4) is 33.8 Å². The molecule has 2 amide bonds. The van der Waals surface area contributed by atoms with E-state index in [4.69, 9.17) is 15.0 Å². The van der Waals surface area contributed by atoms with E-state index in [0.29, 0.717) is 11.4 Å². The zero-order chi connectivity index (χ0) is 45.3. The molecule has 0 radical (unpaired) electrons. The molecule has 0 unspecified atom stereocenters. The summed E-state index contributed by atoms with van der Waals surface area (Å²) in [5.41, 5.74) is 13.9. The molecule has 3 aromatic heterocycles. The van der Waals surface area contributed by atoms with Gasteiger partial charge >= 0.3 is 0 Å². The normalized spacial score (nSPS) is 11.2. The summed E-state index contributed by atoms with van der Waals surface area (Å²) >= 11 is 0. The summed E-state index contributed by atoms with van der Waals surface area (Å²) in [6, 6.07) is 57.6. The fourth-order valence-corrected chi connectivity index (χ4v) is 8.48. The maximum Gasteiger partial charge on any atom is 0.255 e. The molecule has 0 fully saturated rings. The first-order valence-electron chi connectivity index (χ1n) is 21.8. The number of aromatic nitrogens is 3. The summed E-state index contributed by atoms with van der Waals surface area (Å²) in [6.07, 6.45) is 0.0596. The summed E-state index contributed by atoms with van der Waals surface area (Å²) in [6.45, 7) is 6.21. The van der Waals surface area contributed by atoms with E-state index in [1.54, 1.807) is 12.1 Å². The molecule has 0 spiro atoms. The monoisotopic (exact) mass is 857 g/mol. The van der Waals surface area contributed by atoms with Gasteiger partial charge < -0.3 is 10.6 Å². The lowest BCUT2D eigenvalue weighted by atomic mass is 9.97. The highest BCUT2D eigenvalue weighted by atomic mass is 16.2. The predicted octanol–water partition coefficient (Wildman–Crippen LogP) is 13.2. The van der Waals surface area contributed by atoms with Crippen molar-refractivity contribution in [3.05, 3.63) is 221 Å². The van der Waals surface area contributed by atoms with E-state index in [2.05, 4.69) is 67.8 Å². The van der Waals surface area contributed by atoms with Crippen LogP contribution in [0.1, 0.15) is 53.3 Å². The first kappa shape index (κ1) is 41.4. The number of anilines is 2. The van der Waals surface area contributed by atoms with Gasteiger partial charge in [0, 0.05) is 67.3 Å². The van der Waals surface area contributed by atoms with Gasteiger partial charge in [-0.15, -0.1) is 0 Å². The fourth-order valence-electron chi connectivity index (χ4n) is 8.48. The minimum absolute atomic E-state index is 0.0596. The molecule has 0 aliphatic rings. The van der Waals surface area contributed by atoms with Crippen LogP contribution in [0.2, 0.25) is 0 Å². The molecular weight excluding hydrogens is 815 g/mol. The van der Waals surface area contributed by atoms with Gasteiger partial charge in [-0.1, -0.05) is 103 Å². The number of fused-ring (bicyclic) bond motifs is 3. The number of hydrogen-bond donors (Lipinski definition) is 2. The predicted molar refractivity (Wildman–Crippen MR) is 266 cm³/mol. The van der Waals surface area contributed by atoms with Crippen LogP contribution in [0, 0.1) is 20.8 Å². The largest absolute Gasteiger partial charge is 0.322 e. The van der Waals surface area contributed by atoms with Crippen molar-refractivity contribution in [2.75, 3.05) is 10.6 Å². The highest BCUT2D eigenvalue weighted by Gasteiger charge is 2.19. The van der Waals surface area contributed by atoms with Crippen LogP contribution in [0.15, 0.2) is 182 Å². The minimum Gasteiger partial charge on any atom is -0.322 e. The van der Waals surface area contributed by atoms with Crippen LogP contribution in [-0.2, 0) is 6.42 Å². The van der Waals surface area contributed by atoms with E-state index in [-0.39, 0.29) is 28.9 Å². The Morgan fingerprint density at radius 3 is 1.11 bits per heavy atom. The van der Waals surface area contributed by atoms with Crippen LogP contribution < -0.4 is 10.6 Å². The van der Waals surface area contributed by atoms with E-state index in [9.17, 15) is 14.4 Å². The average molecular weight is 858 g/mol. The Labute approximate surface area is 382 Å². The van der Waals surface area contributed by atoms with Crippen LogP contribution in [0.25, 0.3) is 66.5 Å². The number of para-hydroxylation sites is 3. The van der Waals surface area contributed by atoms with Crippen molar-refractivity contribution >= 4 is 61.7 Å². The van der Waals surface area contributed by atoms with E-state index in [1.807, 2.05) is 127 Å². The molecule has 7 aromatic carbocycles. The number of pyridine rings is 3. The van der Waals surface area contributed by atoms with Crippen molar-refractivity contribution in [2.24, 2.45) is 0 Å². The van der Waals surface area contributed by atoms with Crippen LogP contribution in [0.5, 0.6) is 0 Å². The molecule has 66 heavy (non-hydrogen) atoms. The summed E-state index contributed by atoms with van der Waals surface area (Å²) in [4.78, 5) is 56.7. The van der Waals surface area contributed by atoms with Gasteiger partial charge in [0.2, 0.25) is 0 Å². The maximum atomic E-state index is 14.1. The maximum absolute atomic E-state index is 14.1. The molecule has 318 valence electrons. The third kappa shape index (κ3) is 8.55. The Kier molecular flexibility index (Phi) is 11.0. The fraction of sp³-hybridized carbons (Fsp3) is 0.0690. The van der Waals surface area contributed by atoms with Gasteiger partial charge in [0.25, 0.3) is 11.8 Å². The Morgan fingerprint density at radius 1 is 0.394 bits per heavy atom. The average Bonchev–Trinajstić information content (AvgIpc) is 3.34. The second-order valence-corrected chi connectivity index (χ2v) is 16.7. The number of hydrogen-bond acceptors (Lipinski definition) is 6. The van der Waals surface area contributed by atoms with Gasteiger partial charge in [-0.05, 0) is 122 Å². The number of amides is 2. The first-order valence-corrected chi connectivity index (χ1v) is 21.8. The van der Waals surface area contributed by atoms with Crippen molar-refractivity contribution in [3.63, 3.8) is 0 Å². The third-order valence-electron chi connectivity index (χ3n) is 12.0. The van der Waals surface area contributed by atoms with Crippen molar-refractivity contribution in [1.82, 2.24) is 15.0 Å². The molecule has 0 aliphatic heterocycles. The summed E-state index contributed by atoms with van der Waals surface area (Å²) in [5, 5.41) is 9.25. The molecule has 0 saturated heterocycles. The molecule has 10 rings (SSSR count). The number of carbonyl (C=O) groups excluding carboxylic acids is 3. The minimum atomic E-state index is -0.462. The molecule has 0 saturated carbocycles. The number of carbonyl (C=O) groups is 3. The van der Waals surface area contributed by atoms with Gasteiger partial charge in [0.15, 0.2) is 5.78 Å². The van der Waals surface area contributed by atoms with Gasteiger partial charge in [-0.3, -0.25) is 14.4 Å². The molecule has 0 aliphatic carbocycles. The second kappa shape index (κ2) is 17.5. The van der Waals surface area contributed by atoms with E-state index >= 15 is 0 Å². The number of rotatable bonds is 10. The van der Waals surface area contributed by atoms with E-state index < -0.39 is 11.8 Å². The Balaban J connectivity index is 0.909. The van der Waals surface area contributed by atoms with E-state index in [0.717, 1.165) is 88.7 Å². The quantitative estimate of drug-likeness (QED) is 0.132. The van der Waals surface area contributed by atoms with Crippen LogP contribution in [-0.4, -0.2) is 32.5 Å². The number of nitrogens with one attached hydrogen (secondary N) is 2. The molecule has 10 aromatic rings. The summed E-state index contributed by atoms with van der Waals surface area (Å²) in [5.74, 6) is -1.16. The molecule has 2 N–H and O–H groups in total. The summed E-state index contributed by atoms with van der Waals surface area (Å²) in [7, 11) is 0. The van der Waals surface area contributed by atoms with Crippen molar-refractivity contribution in [1.29, 1.82) is 0 Å². The lowest BCUT2D eigenvalue weighted by Gasteiger charge is -2.12.